The van der Waals surface area contributed by atoms with Crippen LogP contribution in [0.5, 0.6) is 0 Å². The first-order valence-corrected chi connectivity index (χ1v) is 9.40. The molecule has 0 saturated carbocycles. The predicted octanol–water partition coefficient (Wildman–Crippen LogP) is 5.13. The van der Waals surface area contributed by atoms with E-state index in [-0.39, 0.29) is 5.82 Å². The molecule has 0 aromatic heterocycles. The Morgan fingerprint density at radius 1 is 1.47 bits per heavy atom. The van der Waals surface area contributed by atoms with Crippen molar-refractivity contribution < 1.29 is 4.39 Å². The smallest absolute Gasteiger partial charge is 0.123 e. The molecule has 1 aromatic carbocycles. The highest BCUT2D eigenvalue weighted by atomic mass is 127. The molecule has 4 heteroatoms. The van der Waals surface area contributed by atoms with Crippen LogP contribution in [0.25, 0.3) is 0 Å². The van der Waals surface area contributed by atoms with Crippen LogP contribution in [-0.2, 0) is 0 Å². The van der Waals surface area contributed by atoms with Crippen molar-refractivity contribution in [2.24, 2.45) is 0 Å². The zero-order valence-electron chi connectivity index (χ0n) is 9.90. The highest BCUT2D eigenvalue weighted by Gasteiger charge is 2.33. The molecule has 17 heavy (non-hydrogen) atoms. The number of nitrogens with zero attached hydrogens (tertiary/aromatic N) is 1. The molecule has 0 amide bonds. The molecule has 1 nitrogen and oxygen atoms in total. The van der Waals surface area contributed by atoms with Gasteiger partial charge >= 0.3 is 0 Å². The molecule has 94 valence electrons. The van der Waals surface area contributed by atoms with E-state index < -0.39 is 0 Å². The fraction of sp³-hybridized carbons (Fsp3) is 0.538. The van der Waals surface area contributed by atoms with Gasteiger partial charge in [0.1, 0.15) is 5.82 Å². The molecule has 0 radical (unpaired) electrons. The van der Waals surface area contributed by atoms with Crippen LogP contribution < -0.4 is 0 Å². The summed E-state index contributed by atoms with van der Waals surface area (Å²) in [5.74, 6) is -0.125. The molecular weight excluding hydrogens is 348 g/mol. The molecule has 0 N–H and O–H groups in total. The lowest BCUT2D eigenvalue weighted by Gasteiger charge is -2.26. The van der Waals surface area contributed by atoms with Crippen molar-refractivity contribution in [3.05, 3.63) is 35.6 Å². The van der Waals surface area contributed by atoms with E-state index in [1.165, 1.54) is 25.3 Å². The highest BCUT2D eigenvalue weighted by molar-refractivity contribution is 14.2. The first-order chi connectivity index (χ1) is 8.26. The molecular formula is C13H17FINS. The summed E-state index contributed by atoms with van der Waals surface area (Å²) in [5, 5.41) is 0. The summed E-state index contributed by atoms with van der Waals surface area (Å²) in [6, 6.07) is 8.08. The Hall–Kier alpha value is 0.190. The molecule has 0 aliphatic carbocycles. The van der Waals surface area contributed by atoms with Gasteiger partial charge in [-0.25, -0.2) is 8.70 Å². The van der Waals surface area contributed by atoms with Gasteiger partial charge in [-0.15, -0.1) is 0 Å². The van der Waals surface area contributed by atoms with Crippen LogP contribution in [0.15, 0.2) is 24.3 Å². The number of halogens is 2. The summed E-state index contributed by atoms with van der Waals surface area (Å²) in [6.07, 6.45) is 4.82. The highest BCUT2D eigenvalue weighted by Crippen LogP contribution is 2.44. The second kappa shape index (κ2) is 6.38. The Balaban J connectivity index is 2.16. The lowest BCUT2D eigenvalue weighted by atomic mass is 10.1. The standard InChI is InChI=1S/C13H17FINS/c1-2-4-12-7-8-13(16(12)17-15)10-5-3-6-11(14)9-10/h3,5-6,9,12-13H,2,4,7-8H2,1H3. The van der Waals surface area contributed by atoms with Crippen molar-refractivity contribution in [2.75, 3.05) is 0 Å². The lowest BCUT2D eigenvalue weighted by Crippen LogP contribution is -2.23. The van der Waals surface area contributed by atoms with Gasteiger partial charge in [-0.05, 0) is 46.1 Å². The normalized spacial score (nSPS) is 25.4. The molecule has 1 fully saturated rings. The zero-order valence-corrected chi connectivity index (χ0v) is 12.9. The summed E-state index contributed by atoms with van der Waals surface area (Å²) in [7, 11) is 1.77. The Labute approximate surface area is 119 Å². The van der Waals surface area contributed by atoms with Crippen molar-refractivity contribution >= 4 is 30.3 Å². The Morgan fingerprint density at radius 2 is 2.29 bits per heavy atom. The third-order valence-corrected chi connectivity index (χ3v) is 5.45. The van der Waals surface area contributed by atoms with E-state index in [9.17, 15) is 4.39 Å². The molecule has 1 aromatic rings. The quantitative estimate of drug-likeness (QED) is 0.538. The van der Waals surface area contributed by atoms with Crippen molar-refractivity contribution in [3.8, 4) is 0 Å². The summed E-state index contributed by atoms with van der Waals surface area (Å²) < 4.78 is 15.7. The number of hydrogen-bond donors (Lipinski definition) is 0. The second-order valence-corrected chi connectivity index (χ2v) is 6.26. The summed E-state index contributed by atoms with van der Waals surface area (Å²) in [6.45, 7) is 2.23. The van der Waals surface area contributed by atoms with E-state index in [0.717, 1.165) is 12.0 Å². The fourth-order valence-corrected chi connectivity index (χ4v) is 5.03. The number of hydrogen-bond acceptors (Lipinski definition) is 2. The largest absolute Gasteiger partial charge is 0.231 e. The van der Waals surface area contributed by atoms with Gasteiger partial charge in [-0.3, -0.25) is 0 Å². The van der Waals surface area contributed by atoms with Gasteiger partial charge in [-0.2, -0.15) is 0 Å². The Kier molecular flexibility index (Phi) is 5.11. The van der Waals surface area contributed by atoms with Gasteiger partial charge < -0.3 is 0 Å². The van der Waals surface area contributed by atoms with Gasteiger partial charge in [0.25, 0.3) is 0 Å². The van der Waals surface area contributed by atoms with Gasteiger partial charge in [-0.1, -0.05) is 25.5 Å². The van der Waals surface area contributed by atoms with E-state index in [1.54, 1.807) is 15.2 Å². The third kappa shape index (κ3) is 3.15. The molecule has 1 aliphatic rings. The average molecular weight is 365 g/mol. The first-order valence-electron chi connectivity index (χ1n) is 6.08. The first kappa shape index (κ1) is 13.6. The minimum absolute atomic E-state index is 0.125. The number of benzene rings is 1. The monoisotopic (exact) mass is 365 g/mol. The van der Waals surface area contributed by atoms with Crippen molar-refractivity contribution in [3.63, 3.8) is 0 Å². The number of rotatable bonds is 4. The predicted molar refractivity (Wildman–Crippen MR) is 80.5 cm³/mol. The van der Waals surface area contributed by atoms with E-state index in [2.05, 4.69) is 32.4 Å². The van der Waals surface area contributed by atoms with E-state index >= 15 is 0 Å². The van der Waals surface area contributed by atoms with Crippen molar-refractivity contribution in [2.45, 2.75) is 44.7 Å². The average Bonchev–Trinajstić information content (AvgIpc) is 2.72. The van der Waals surface area contributed by atoms with E-state index in [0.29, 0.717) is 12.1 Å². The van der Waals surface area contributed by atoms with Crippen LogP contribution in [0.4, 0.5) is 4.39 Å². The summed E-state index contributed by atoms with van der Waals surface area (Å²) >= 11 is 2.34. The van der Waals surface area contributed by atoms with Crippen molar-refractivity contribution in [1.29, 1.82) is 0 Å². The van der Waals surface area contributed by atoms with Gasteiger partial charge in [0.15, 0.2) is 0 Å². The Morgan fingerprint density at radius 3 is 2.94 bits per heavy atom. The van der Waals surface area contributed by atoms with Crippen LogP contribution in [0, 0.1) is 5.82 Å². The maximum Gasteiger partial charge on any atom is 0.123 e. The molecule has 1 aliphatic heterocycles. The molecule has 0 bridgehead atoms. The molecule has 1 saturated heterocycles. The lowest BCUT2D eigenvalue weighted by molar-refractivity contribution is 0.349. The van der Waals surface area contributed by atoms with Crippen LogP contribution in [0.2, 0.25) is 0 Å². The van der Waals surface area contributed by atoms with Crippen LogP contribution in [-0.4, -0.2) is 10.3 Å². The maximum absolute atomic E-state index is 13.3. The molecule has 2 unspecified atom stereocenters. The van der Waals surface area contributed by atoms with Gasteiger partial charge in [0.05, 0.1) is 0 Å². The molecule has 2 atom stereocenters. The van der Waals surface area contributed by atoms with E-state index in [4.69, 9.17) is 0 Å². The van der Waals surface area contributed by atoms with Crippen LogP contribution >= 0.6 is 30.3 Å². The van der Waals surface area contributed by atoms with Crippen LogP contribution in [0.1, 0.15) is 44.2 Å². The molecule has 1 heterocycles. The third-order valence-electron chi connectivity index (χ3n) is 3.38. The summed E-state index contributed by atoms with van der Waals surface area (Å²) in [5.41, 5.74) is 1.12. The van der Waals surface area contributed by atoms with Crippen molar-refractivity contribution in [1.82, 2.24) is 4.31 Å². The zero-order chi connectivity index (χ0) is 12.3. The SMILES string of the molecule is CCCC1CCC(c2cccc(F)c2)N1SI. The minimum Gasteiger partial charge on any atom is -0.231 e. The van der Waals surface area contributed by atoms with Gasteiger partial charge in [0.2, 0.25) is 0 Å². The minimum atomic E-state index is -0.125. The fourth-order valence-electron chi connectivity index (χ4n) is 2.60. The maximum atomic E-state index is 13.3. The summed E-state index contributed by atoms with van der Waals surface area (Å²) in [4.78, 5) is 0. The molecule has 2 rings (SSSR count). The molecule has 0 spiro atoms. The van der Waals surface area contributed by atoms with Gasteiger partial charge in [0, 0.05) is 33.3 Å². The second-order valence-electron chi connectivity index (χ2n) is 4.52. The van der Waals surface area contributed by atoms with Crippen LogP contribution in [0.3, 0.4) is 0 Å². The topological polar surface area (TPSA) is 3.24 Å². The van der Waals surface area contributed by atoms with E-state index in [1.807, 2.05) is 12.1 Å². The Bertz CT molecular complexity index is 374.